The fourth-order valence-corrected chi connectivity index (χ4v) is 2.67. The van der Waals surface area contributed by atoms with Crippen LogP contribution in [-0.2, 0) is 4.79 Å². The van der Waals surface area contributed by atoms with Crippen LogP contribution in [0, 0.1) is 5.41 Å². The van der Waals surface area contributed by atoms with Gasteiger partial charge in [-0.2, -0.15) is 0 Å². The Kier molecular flexibility index (Phi) is 4.16. The van der Waals surface area contributed by atoms with E-state index < -0.39 is 11.4 Å². The zero-order valence-electron chi connectivity index (χ0n) is 12.7. The van der Waals surface area contributed by atoms with Crippen LogP contribution in [0.4, 0.5) is 5.69 Å². The summed E-state index contributed by atoms with van der Waals surface area (Å²) in [6.45, 7) is 3.06. The third-order valence-electron chi connectivity index (χ3n) is 4.22. The molecule has 21 heavy (non-hydrogen) atoms. The van der Waals surface area contributed by atoms with Crippen molar-refractivity contribution in [3.05, 3.63) is 24.0 Å². The molecule has 2 heterocycles. The standard InChI is InChI=1S/C15H21N3O3/c1-4-15(14(20)21)6-8-18(10-15)11-5-7-16-12(9-11)13(19)17(2)3/h5,7,9H,4,6,8,10H2,1-3H3,(H,20,21). The van der Waals surface area contributed by atoms with E-state index in [0.29, 0.717) is 31.6 Å². The molecule has 0 saturated carbocycles. The van der Waals surface area contributed by atoms with Crippen molar-refractivity contribution >= 4 is 17.6 Å². The van der Waals surface area contributed by atoms with E-state index in [2.05, 4.69) is 4.98 Å². The van der Waals surface area contributed by atoms with Gasteiger partial charge in [-0.25, -0.2) is 0 Å². The summed E-state index contributed by atoms with van der Waals surface area (Å²) in [5.74, 6) is -0.901. The summed E-state index contributed by atoms with van der Waals surface area (Å²) >= 11 is 0. The lowest BCUT2D eigenvalue weighted by Crippen LogP contribution is -2.34. The molecule has 1 unspecified atom stereocenters. The number of pyridine rings is 1. The Labute approximate surface area is 124 Å². The highest BCUT2D eigenvalue weighted by atomic mass is 16.4. The first-order valence-corrected chi connectivity index (χ1v) is 7.05. The second-order valence-electron chi connectivity index (χ2n) is 5.71. The monoisotopic (exact) mass is 291 g/mol. The number of amides is 1. The smallest absolute Gasteiger partial charge is 0.311 e. The molecule has 1 aromatic rings. The number of hydrogen-bond acceptors (Lipinski definition) is 4. The maximum Gasteiger partial charge on any atom is 0.311 e. The summed E-state index contributed by atoms with van der Waals surface area (Å²) in [6.07, 6.45) is 2.82. The Morgan fingerprint density at radius 1 is 1.48 bits per heavy atom. The molecule has 114 valence electrons. The molecule has 1 N–H and O–H groups in total. The quantitative estimate of drug-likeness (QED) is 0.909. The Morgan fingerprint density at radius 2 is 2.19 bits per heavy atom. The van der Waals surface area contributed by atoms with Crippen LogP contribution in [0.2, 0.25) is 0 Å². The van der Waals surface area contributed by atoms with Gasteiger partial charge in [-0.3, -0.25) is 14.6 Å². The first kappa shape index (κ1) is 15.3. The number of aliphatic carboxylic acids is 1. The fourth-order valence-electron chi connectivity index (χ4n) is 2.67. The van der Waals surface area contributed by atoms with Crippen molar-refractivity contribution in [2.75, 3.05) is 32.1 Å². The van der Waals surface area contributed by atoms with E-state index in [0.717, 1.165) is 5.69 Å². The molecule has 0 radical (unpaired) electrons. The molecule has 1 fully saturated rings. The minimum Gasteiger partial charge on any atom is -0.481 e. The number of nitrogens with zero attached hydrogens (tertiary/aromatic N) is 3. The van der Waals surface area contributed by atoms with Crippen molar-refractivity contribution in [2.45, 2.75) is 19.8 Å². The van der Waals surface area contributed by atoms with Gasteiger partial charge in [0.05, 0.1) is 5.41 Å². The lowest BCUT2D eigenvalue weighted by molar-refractivity contribution is -0.147. The average molecular weight is 291 g/mol. The molecule has 6 heteroatoms. The second-order valence-corrected chi connectivity index (χ2v) is 5.71. The van der Waals surface area contributed by atoms with Crippen LogP contribution in [-0.4, -0.2) is 54.1 Å². The normalized spacial score (nSPS) is 21.4. The summed E-state index contributed by atoms with van der Waals surface area (Å²) in [5, 5.41) is 9.44. The maximum absolute atomic E-state index is 12.0. The van der Waals surface area contributed by atoms with Gasteiger partial charge in [-0.05, 0) is 25.0 Å². The van der Waals surface area contributed by atoms with Gasteiger partial charge >= 0.3 is 5.97 Å². The van der Waals surface area contributed by atoms with E-state index in [4.69, 9.17) is 0 Å². The number of aromatic nitrogens is 1. The van der Waals surface area contributed by atoms with Gasteiger partial charge < -0.3 is 14.9 Å². The molecule has 1 aromatic heterocycles. The Morgan fingerprint density at radius 3 is 2.71 bits per heavy atom. The van der Waals surface area contributed by atoms with E-state index >= 15 is 0 Å². The Bertz CT molecular complexity index is 559. The third-order valence-corrected chi connectivity index (χ3v) is 4.22. The van der Waals surface area contributed by atoms with Gasteiger partial charge in [0.2, 0.25) is 0 Å². The van der Waals surface area contributed by atoms with Gasteiger partial charge in [-0.1, -0.05) is 6.92 Å². The maximum atomic E-state index is 12.0. The van der Waals surface area contributed by atoms with Crippen LogP contribution in [0.25, 0.3) is 0 Å². The Hall–Kier alpha value is -2.11. The number of hydrogen-bond donors (Lipinski definition) is 1. The van der Waals surface area contributed by atoms with Crippen molar-refractivity contribution in [2.24, 2.45) is 5.41 Å². The minimum atomic E-state index is -0.744. The van der Waals surface area contributed by atoms with Crippen molar-refractivity contribution in [3.8, 4) is 0 Å². The van der Waals surface area contributed by atoms with Crippen LogP contribution < -0.4 is 4.90 Å². The molecule has 1 atom stereocenters. The van der Waals surface area contributed by atoms with Crippen LogP contribution in [0.1, 0.15) is 30.3 Å². The van der Waals surface area contributed by atoms with Gasteiger partial charge in [0.25, 0.3) is 5.91 Å². The molecule has 0 bridgehead atoms. The van der Waals surface area contributed by atoms with Crippen LogP contribution >= 0.6 is 0 Å². The van der Waals surface area contributed by atoms with Crippen LogP contribution in [0.5, 0.6) is 0 Å². The summed E-state index contributed by atoms with van der Waals surface area (Å²) in [7, 11) is 3.36. The number of rotatable bonds is 4. The first-order valence-electron chi connectivity index (χ1n) is 7.05. The van der Waals surface area contributed by atoms with E-state index in [1.807, 2.05) is 17.9 Å². The number of carbonyl (C=O) groups is 2. The molecule has 0 aliphatic carbocycles. The van der Waals surface area contributed by atoms with Gasteiger partial charge in [-0.15, -0.1) is 0 Å². The van der Waals surface area contributed by atoms with Crippen LogP contribution in [0.15, 0.2) is 18.3 Å². The zero-order chi connectivity index (χ0) is 15.6. The highest BCUT2D eigenvalue weighted by molar-refractivity contribution is 5.92. The van der Waals surface area contributed by atoms with Gasteiger partial charge in [0.1, 0.15) is 5.69 Å². The number of carboxylic acid groups (broad SMARTS) is 1. The number of carbonyl (C=O) groups excluding carboxylic acids is 1. The third kappa shape index (κ3) is 2.84. The minimum absolute atomic E-state index is 0.156. The first-order chi connectivity index (χ1) is 9.89. The van der Waals surface area contributed by atoms with Gasteiger partial charge in [0, 0.05) is 39.1 Å². The predicted octanol–water partition coefficient (Wildman–Crippen LogP) is 1.47. The molecule has 6 nitrogen and oxygen atoms in total. The summed E-state index contributed by atoms with van der Waals surface area (Å²) in [5.41, 5.74) is 0.545. The van der Waals surface area contributed by atoms with Crippen molar-refractivity contribution in [1.82, 2.24) is 9.88 Å². The number of anilines is 1. The predicted molar refractivity (Wildman–Crippen MR) is 79.4 cm³/mol. The zero-order valence-corrected chi connectivity index (χ0v) is 12.7. The SMILES string of the molecule is CCC1(C(=O)O)CCN(c2ccnc(C(=O)N(C)C)c2)C1. The Balaban J connectivity index is 2.23. The van der Waals surface area contributed by atoms with Gasteiger partial charge in [0.15, 0.2) is 0 Å². The van der Waals surface area contributed by atoms with Crippen LogP contribution in [0.3, 0.4) is 0 Å². The molecule has 2 rings (SSSR count). The molecular formula is C15H21N3O3. The molecule has 1 amide bonds. The summed E-state index contributed by atoms with van der Waals surface area (Å²) in [4.78, 5) is 31.0. The number of carboxylic acids is 1. The molecule has 1 aliphatic heterocycles. The molecular weight excluding hydrogens is 270 g/mol. The molecule has 1 saturated heterocycles. The highest BCUT2D eigenvalue weighted by Crippen LogP contribution is 2.36. The average Bonchev–Trinajstić information content (AvgIpc) is 2.92. The van der Waals surface area contributed by atoms with E-state index in [1.165, 1.54) is 4.90 Å². The largest absolute Gasteiger partial charge is 0.481 e. The van der Waals surface area contributed by atoms with E-state index in [9.17, 15) is 14.7 Å². The molecule has 0 spiro atoms. The molecule has 0 aromatic carbocycles. The lowest BCUT2D eigenvalue weighted by atomic mass is 9.84. The highest BCUT2D eigenvalue weighted by Gasteiger charge is 2.43. The fraction of sp³-hybridized carbons (Fsp3) is 0.533. The van der Waals surface area contributed by atoms with E-state index in [1.54, 1.807) is 26.4 Å². The molecule has 1 aliphatic rings. The lowest BCUT2D eigenvalue weighted by Gasteiger charge is -2.24. The second kappa shape index (κ2) is 5.71. The topological polar surface area (TPSA) is 73.7 Å². The van der Waals surface area contributed by atoms with Crippen molar-refractivity contribution < 1.29 is 14.7 Å². The van der Waals surface area contributed by atoms with Crippen molar-refractivity contribution in [3.63, 3.8) is 0 Å². The van der Waals surface area contributed by atoms with Crippen molar-refractivity contribution in [1.29, 1.82) is 0 Å². The summed E-state index contributed by atoms with van der Waals surface area (Å²) in [6, 6.07) is 3.55. The van der Waals surface area contributed by atoms with E-state index in [-0.39, 0.29) is 5.91 Å². The summed E-state index contributed by atoms with van der Waals surface area (Å²) < 4.78 is 0.